The van der Waals surface area contributed by atoms with Crippen molar-refractivity contribution in [1.82, 2.24) is 20.0 Å². The van der Waals surface area contributed by atoms with Crippen molar-refractivity contribution in [1.29, 1.82) is 0 Å². The number of benzene rings is 1. The number of hydrogen-bond donors (Lipinski definition) is 2. The third kappa shape index (κ3) is 3.42. The first-order valence-corrected chi connectivity index (χ1v) is 7.87. The molecule has 0 aliphatic carbocycles. The normalized spacial score (nSPS) is 10.3. The predicted molar refractivity (Wildman–Crippen MR) is 99.0 cm³/mol. The van der Waals surface area contributed by atoms with Gasteiger partial charge in [0.15, 0.2) is 0 Å². The van der Waals surface area contributed by atoms with Gasteiger partial charge in [0.05, 0.1) is 23.4 Å². The Balaban J connectivity index is 2.04. The molecule has 3 rings (SSSR count). The van der Waals surface area contributed by atoms with Gasteiger partial charge in [-0.1, -0.05) is 43.0 Å². The molecule has 0 saturated carbocycles. The van der Waals surface area contributed by atoms with Gasteiger partial charge in [-0.2, -0.15) is 0 Å². The molecule has 0 unspecified atom stereocenters. The number of carbonyl (C=O) groups excluding carboxylic acids is 1. The van der Waals surface area contributed by atoms with E-state index in [0.717, 1.165) is 5.56 Å². The Morgan fingerprint density at radius 1 is 1.15 bits per heavy atom. The molecular formula is C19H17N5O2. The number of hydrazine groups is 1. The van der Waals surface area contributed by atoms with Gasteiger partial charge in [-0.15, -0.1) is 0 Å². The zero-order valence-corrected chi connectivity index (χ0v) is 13.9. The molecule has 3 N–H and O–H groups in total. The molecule has 7 heteroatoms. The second kappa shape index (κ2) is 7.54. The second-order valence-corrected chi connectivity index (χ2v) is 5.51. The lowest BCUT2D eigenvalue weighted by atomic mass is 10.2. The quantitative estimate of drug-likeness (QED) is 0.414. The van der Waals surface area contributed by atoms with Gasteiger partial charge >= 0.3 is 0 Å². The molecule has 0 spiro atoms. The monoisotopic (exact) mass is 347 g/mol. The Morgan fingerprint density at radius 2 is 1.92 bits per heavy atom. The fraction of sp³-hybridized carbons (Fsp3) is 0.0526. The minimum absolute atomic E-state index is 0.209. The van der Waals surface area contributed by atoms with Crippen molar-refractivity contribution in [2.75, 3.05) is 0 Å². The SMILES string of the molecule is C=Cc1cnc(-c2ccccc2)n(Cc2ccc(C(=O)NN)cn2)c1=O. The molecule has 130 valence electrons. The van der Waals surface area contributed by atoms with Gasteiger partial charge < -0.3 is 0 Å². The molecule has 0 radical (unpaired) electrons. The van der Waals surface area contributed by atoms with Gasteiger partial charge in [0.2, 0.25) is 0 Å². The van der Waals surface area contributed by atoms with Gasteiger partial charge in [-0.25, -0.2) is 10.8 Å². The number of carbonyl (C=O) groups is 1. The topological polar surface area (TPSA) is 103 Å². The number of rotatable bonds is 5. The molecule has 1 aromatic carbocycles. The summed E-state index contributed by atoms with van der Waals surface area (Å²) in [4.78, 5) is 32.9. The van der Waals surface area contributed by atoms with Gasteiger partial charge in [-0.05, 0) is 12.1 Å². The van der Waals surface area contributed by atoms with Crippen LogP contribution in [-0.2, 0) is 6.54 Å². The van der Waals surface area contributed by atoms with E-state index in [4.69, 9.17) is 5.84 Å². The van der Waals surface area contributed by atoms with Crippen molar-refractivity contribution in [3.8, 4) is 11.4 Å². The van der Waals surface area contributed by atoms with Crippen molar-refractivity contribution >= 4 is 12.0 Å². The third-order valence-electron chi connectivity index (χ3n) is 3.86. The standard InChI is InChI=1S/C19H17N5O2/c1-2-13-10-22-17(14-6-4-3-5-7-14)24(19(13)26)12-16-9-8-15(11-21-16)18(25)23-20/h2-11H,1,12,20H2,(H,23,25). The summed E-state index contributed by atoms with van der Waals surface area (Å²) >= 11 is 0. The Hall–Kier alpha value is -3.58. The zero-order chi connectivity index (χ0) is 18.5. The molecule has 0 bridgehead atoms. The molecule has 2 heterocycles. The largest absolute Gasteiger partial charge is 0.290 e. The number of aromatic nitrogens is 3. The first kappa shape index (κ1) is 17.2. The lowest BCUT2D eigenvalue weighted by Crippen LogP contribution is -2.30. The summed E-state index contributed by atoms with van der Waals surface area (Å²) in [5.74, 6) is 5.22. The summed E-state index contributed by atoms with van der Waals surface area (Å²) < 4.78 is 1.54. The Kier molecular flexibility index (Phi) is 5.00. The van der Waals surface area contributed by atoms with Crippen molar-refractivity contribution in [3.63, 3.8) is 0 Å². The smallest absolute Gasteiger partial charge is 0.266 e. The minimum Gasteiger partial charge on any atom is -0.290 e. The van der Waals surface area contributed by atoms with Gasteiger partial charge in [0.25, 0.3) is 11.5 Å². The van der Waals surface area contributed by atoms with Gasteiger partial charge in [0.1, 0.15) is 5.82 Å². The summed E-state index contributed by atoms with van der Waals surface area (Å²) in [5.41, 5.74) is 4.02. The van der Waals surface area contributed by atoms with E-state index in [1.807, 2.05) is 35.8 Å². The lowest BCUT2D eigenvalue weighted by molar-refractivity contribution is 0.0953. The first-order valence-electron chi connectivity index (χ1n) is 7.87. The Labute approximate surface area is 149 Å². The van der Waals surface area contributed by atoms with Crippen LogP contribution in [0, 0.1) is 0 Å². The van der Waals surface area contributed by atoms with Crippen LogP contribution in [0.4, 0.5) is 0 Å². The van der Waals surface area contributed by atoms with E-state index in [1.54, 1.807) is 12.1 Å². The maximum atomic E-state index is 12.8. The number of nitrogen functional groups attached to an aromatic ring is 1. The van der Waals surface area contributed by atoms with E-state index in [0.29, 0.717) is 22.6 Å². The maximum absolute atomic E-state index is 12.8. The van der Waals surface area contributed by atoms with Crippen LogP contribution < -0.4 is 16.8 Å². The number of nitrogens with zero attached hydrogens (tertiary/aromatic N) is 3. The average molecular weight is 347 g/mol. The molecule has 0 aliphatic heterocycles. The number of pyridine rings is 1. The van der Waals surface area contributed by atoms with Crippen LogP contribution in [0.1, 0.15) is 21.6 Å². The van der Waals surface area contributed by atoms with Crippen molar-refractivity contribution in [2.24, 2.45) is 5.84 Å². The number of hydrogen-bond acceptors (Lipinski definition) is 5. The van der Waals surface area contributed by atoms with E-state index in [-0.39, 0.29) is 12.1 Å². The van der Waals surface area contributed by atoms with Crippen LogP contribution in [0.2, 0.25) is 0 Å². The predicted octanol–water partition coefficient (Wildman–Crippen LogP) is 1.60. The summed E-state index contributed by atoms with van der Waals surface area (Å²) in [6.07, 6.45) is 4.40. The highest BCUT2D eigenvalue weighted by Crippen LogP contribution is 2.16. The number of nitrogens with two attached hydrogens (primary N) is 1. The van der Waals surface area contributed by atoms with E-state index >= 15 is 0 Å². The Bertz CT molecular complexity index is 995. The van der Waals surface area contributed by atoms with Crippen molar-refractivity contribution in [2.45, 2.75) is 6.54 Å². The summed E-state index contributed by atoms with van der Waals surface area (Å²) in [6.45, 7) is 3.87. The highest BCUT2D eigenvalue weighted by atomic mass is 16.2. The molecule has 3 aromatic rings. The summed E-state index contributed by atoms with van der Waals surface area (Å²) in [7, 11) is 0. The number of nitrogens with one attached hydrogen (secondary N) is 1. The summed E-state index contributed by atoms with van der Waals surface area (Å²) in [6, 6.07) is 12.7. The first-order chi connectivity index (χ1) is 12.6. The molecule has 7 nitrogen and oxygen atoms in total. The zero-order valence-electron chi connectivity index (χ0n) is 13.9. The van der Waals surface area contributed by atoms with E-state index in [2.05, 4.69) is 16.5 Å². The molecule has 2 aromatic heterocycles. The van der Waals surface area contributed by atoms with Crippen LogP contribution in [0.3, 0.4) is 0 Å². The minimum atomic E-state index is -0.429. The average Bonchev–Trinajstić information content (AvgIpc) is 2.70. The van der Waals surface area contributed by atoms with Gasteiger partial charge in [-0.3, -0.25) is 24.6 Å². The van der Waals surface area contributed by atoms with E-state index in [1.165, 1.54) is 23.0 Å². The van der Waals surface area contributed by atoms with Crippen molar-refractivity contribution < 1.29 is 4.79 Å². The molecule has 0 aliphatic rings. The fourth-order valence-electron chi connectivity index (χ4n) is 2.51. The molecule has 1 amide bonds. The van der Waals surface area contributed by atoms with Crippen LogP contribution in [0.15, 0.2) is 66.2 Å². The van der Waals surface area contributed by atoms with E-state index < -0.39 is 5.91 Å². The van der Waals surface area contributed by atoms with Crippen molar-refractivity contribution in [3.05, 3.63) is 88.6 Å². The third-order valence-corrected chi connectivity index (χ3v) is 3.86. The van der Waals surface area contributed by atoms with Crippen LogP contribution in [0.5, 0.6) is 0 Å². The van der Waals surface area contributed by atoms with Gasteiger partial charge in [0, 0.05) is 18.0 Å². The lowest BCUT2D eigenvalue weighted by Gasteiger charge is -2.13. The second-order valence-electron chi connectivity index (χ2n) is 5.51. The number of amides is 1. The highest BCUT2D eigenvalue weighted by molar-refractivity contribution is 5.93. The van der Waals surface area contributed by atoms with Crippen LogP contribution in [0.25, 0.3) is 17.5 Å². The molecular weight excluding hydrogens is 330 g/mol. The van der Waals surface area contributed by atoms with Crippen LogP contribution in [-0.4, -0.2) is 20.4 Å². The van der Waals surface area contributed by atoms with E-state index in [9.17, 15) is 9.59 Å². The molecule has 0 fully saturated rings. The highest BCUT2D eigenvalue weighted by Gasteiger charge is 2.12. The molecule has 0 saturated heterocycles. The fourth-order valence-corrected chi connectivity index (χ4v) is 2.51. The summed E-state index contributed by atoms with van der Waals surface area (Å²) in [5, 5.41) is 0. The molecule has 26 heavy (non-hydrogen) atoms. The maximum Gasteiger partial charge on any atom is 0.266 e. The Morgan fingerprint density at radius 3 is 2.54 bits per heavy atom. The molecule has 0 atom stereocenters. The van der Waals surface area contributed by atoms with Crippen LogP contribution >= 0.6 is 0 Å².